The summed E-state index contributed by atoms with van der Waals surface area (Å²) in [5, 5.41) is 5.83. The van der Waals surface area contributed by atoms with Gasteiger partial charge in [-0.25, -0.2) is 0 Å². The number of nitrogens with one attached hydrogen (secondary N) is 2. The van der Waals surface area contributed by atoms with Crippen molar-refractivity contribution in [2.24, 2.45) is 5.41 Å². The number of benzene rings is 2. The summed E-state index contributed by atoms with van der Waals surface area (Å²) in [6.07, 6.45) is 2.15. The first kappa shape index (κ1) is 18.0. The summed E-state index contributed by atoms with van der Waals surface area (Å²) < 4.78 is 0. The average molecular weight is 393 g/mol. The second-order valence-corrected chi connectivity index (χ2v) is 9.64. The number of para-hydroxylation sites is 1. The fraction of sp³-hybridized carbons (Fsp3) is 0.375. The number of rotatable bonds is 1. The van der Waals surface area contributed by atoms with Crippen molar-refractivity contribution in [1.29, 1.82) is 0 Å². The van der Waals surface area contributed by atoms with Crippen LogP contribution in [-0.4, -0.2) is 17.3 Å². The fourth-order valence-electron chi connectivity index (χ4n) is 5.59. The van der Waals surface area contributed by atoms with Gasteiger partial charge >= 0.3 is 0 Å². The third-order valence-electron chi connectivity index (χ3n) is 6.45. The molecule has 2 aliphatic rings. The van der Waals surface area contributed by atoms with Gasteiger partial charge in [-0.2, -0.15) is 0 Å². The minimum absolute atomic E-state index is 0.0197. The molecule has 28 heavy (non-hydrogen) atoms. The summed E-state index contributed by atoms with van der Waals surface area (Å²) in [6.45, 7) is 5.19. The van der Waals surface area contributed by atoms with Crippen molar-refractivity contribution in [3.63, 3.8) is 0 Å². The highest BCUT2D eigenvalue weighted by atomic mass is 35.5. The van der Waals surface area contributed by atoms with Gasteiger partial charge < -0.3 is 10.3 Å². The highest BCUT2D eigenvalue weighted by molar-refractivity contribution is 6.31. The van der Waals surface area contributed by atoms with E-state index in [-0.39, 0.29) is 16.9 Å². The Bertz CT molecular complexity index is 1080. The SMILES string of the molecule is CC1(C)CC(=O)C[C@@]2(C1)NC[C@@H](c1ccccc1Cl)c1c2[nH]c2ccccc12. The van der Waals surface area contributed by atoms with Crippen molar-refractivity contribution in [2.75, 3.05) is 6.54 Å². The Hall–Kier alpha value is -2.10. The molecule has 144 valence electrons. The summed E-state index contributed by atoms with van der Waals surface area (Å²) in [5.41, 5.74) is 4.39. The number of carbonyl (C=O) groups excluding carboxylic acids is 1. The van der Waals surface area contributed by atoms with Gasteiger partial charge in [-0.3, -0.25) is 4.79 Å². The van der Waals surface area contributed by atoms with Crippen LogP contribution in [0.3, 0.4) is 0 Å². The van der Waals surface area contributed by atoms with Crippen molar-refractivity contribution in [3.05, 3.63) is 70.4 Å². The Kier molecular flexibility index (Phi) is 3.98. The number of carbonyl (C=O) groups is 1. The molecule has 1 spiro atoms. The Morgan fingerprint density at radius 3 is 2.57 bits per heavy atom. The van der Waals surface area contributed by atoms with E-state index in [2.05, 4.69) is 54.5 Å². The summed E-state index contributed by atoms with van der Waals surface area (Å²) in [6, 6.07) is 16.6. The number of hydrogen-bond donors (Lipinski definition) is 2. The van der Waals surface area contributed by atoms with E-state index in [1.54, 1.807) is 0 Å². The van der Waals surface area contributed by atoms with Crippen LogP contribution in [0, 0.1) is 5.41 Å². The molecule has 2 N–H and O–H groups in total. The number of aromatic amines is 1. The van der Waals surface area contributed by atoms with E-state index in [1.165, 1.54) is 16.6 Å². The zero-order valence-corrected chi connectivity index (χ0v) is 17.1. The molecule has 1 aliphatic carbocycles. The lowest BCUT2D eigenvalue weighted by atomic mass is 9.63. The van der Waals surface area contributed by atoms with Gasteiger partial charge in [0.25, 0.3) is 0 Å². The number of fused-ring (bicyclic) bond motifs is 4. The molecule has 2 atom stereocenters. The first-order chi connectivity index (χ1) is 13.4. The summed E-state index contributed by atoms with van der Waals surface area (Å²) in [7, 11) is 0. The van der Waals surface area contributed by atoms with Crippen molar-refractivity contribution in [3.8, 4) is 0 Å². The van der Waals surface area contributed by atoms with Gasteiger partial charge in [0, 0.05) is 46.9 Å². The molecule has 3 nitrogen and oxygen atoms in total. The second-order valence-electron chi connectivity index (χ2n) is 9.23. The highest BCUT2D eigenvalue weighted by Crippen LogP contribution is 2.51. The number of H-pyrrole nitrogens is 1. The summed E-state index contributed by atoms with van der Waals surface area (Å²) >= 11 is 6.60. The highest BCUT2D eigenvalue weighted by Gasteiger charge is 2.50. The molecule has 1 aromatic heterocycles. The summed E-state index contributed by atoms with van der Waals surface area (Å²) in [4.78, 5) is 16.4. The van der Waals surface area contributed by atoms with E-state index in [1.807, 2.05) is 18.2 Å². The predicted molar refractivity (Wildman–Crippen MR) is 114 cm³/mol. The van der Waals surface area contributed by atoms with E-state index in [9.17, 15) is 4.79 Å². The van der Waals surface area contributed by atoms with Gasteiger partial charge in [0.2, 0.25) is 0 Å². The lowest BCUT2D eigenvalue weighted by Gasteiger charge is -2.48. The van der Waals surface area contributed by atoms with Crippen molar-refractivity contribution in [2.45, 2.75) is 44.6 Å². The number of halogens is 1. The lowest BCUT2D eigenvalue weighted by molar-refractivity contribution is -0.126. The molecular weight excluding hydrogens is 368 g/mol. The maximum Gasteiger partial charge on any atom is 0.135 e. The van der Waals surface area contributed by atoms with Gasteiger partial charge in [0.1, 0.15) is 5.78 Å². The third kappa shape index (κ3) is 2.72. The normalized spacial score (nSPS) is 26.5. The molecule has 0 radical (unpaired) electrons. The molecule has 0 bridgehead atoms. The van der Waals surface area contributed by atoms with Crippen molar-refractivity contribution in [1.82, 2.24) is 10.3 Å². The molecule has 3 aromatic rings. The topological polar surface area (TPSA) is 44.9 Å². The number of aromatic nitrogens is 1. The van der Waals surface area contributed by atoms with Gasteiger partial charge in [0.15, 0.2) is 0 Å². The Labute approximate surface area is 170 Å². The molecule has 0 amide bonds. The summed E-state index contributed by atoms with van der Waals surface area (Å²) in [5.74, 6) is 0.496. The largest absolute Gasteiger partial charge is 0.357 e. The van der Waals surface area contributed by atoms with Gasteiger partial charge in [0.05, 0.1) is 5.54 Å². The van der Waals surface area contributed by atoms with Crippen LogP contribution in [0.1, 0.15) is 55.8 Å². The maximum absolute atomic E-state index is 12.7. The van der Waals surface area contributed by atoms with Crippen LogP contribution < -0.4 is 5.32 Å². The molecule has 1 fully saturated rings. The maximum atomic E-state index is 12.7. The van der Waals surface area contributed by atoms with E-state index < -0.39 is 0 Å². The lowest BCUT2D eigenvalue weighted by Crippen LogP contribution is -2.55. The minimum Gasteiger partial charge on any atom is -0.357 e. The molecule has 0 saturated heterocycles. The zero-order valence-electron chi connectivity index (χ0n) is 16.3. The minimum atomic E-state index is -0.328. The van der Waals surface area contributed by atoms with Crippen LogP contribution in [0.15, 0.2) is 48.5 Å². The number of ketones is 1. The van der Waals surface area contributed by atoms with Gasteiger partial charge in [-0.1, -0.05) is 61.8 Å². The average Bonchev–Trinajstić information content (AvgIpc) is 3.02. The van der Waals surface area contributed by atoms with Gasteiger partial charge in [-0.05, 0) is 35.1 Å². The molecule has 5 rings (SSSR count). The van der Waals surface area contributed by atoms with Crippen LogP contribution >= 0.6 is 11.6 Å². The Balaban J connectivity index is 1.75. The Morgan fingerprint density at radius 1 is 1.04 bits per heavy atom. The van der Waals surface area contributed by atoms with Crippen LogP contribution in [0.4, 0.5) is 0 Å². The second kappa shape index (κ2) is 6.20. The molecule has 0 unspecified atom stereocenters. The first-order valence-corrected chi connectivity index (χ1v) is 10.4. The molecule has 2 heterocycles. The monoisotopic (exact) mass is 392 g/mol. The number of hydrogen-bond acceptors (Lipinski definition) is 2. The quantitative estimate of drug-likeness (QED) is 0.571. The van der Waals surface area contributed by atoms with E-state index in [0.29, 0.717) is 18.6 Å². The van der Waals surface area contributed by atoms with E-state index in [0.717, 1.165) is 29.1 Å². The smallest absolute Gasteiger partial charge is 0.135 e. The Morgan fingerprint density at radius 2 is 1.79 bits per heavy atom. The van der Waals surface area contributed by atoms with Crippen LogP contribution in [0.2, 0.25) is 5.02 Å². The van der Waals surface area contributed by atoms with Crippen molar-refractivity contribution >= 4 is 28.3 Å². The predicted octanol–water partition coefficient (Wildman–Crippen LogP) is 5.53. The van der Waals surface area contributed by atoms with Crippen LogP contribution in [0.5, 0.6) is 0 Å². The molecular formula is C24H25ClN2O. The van der Waals surface area contributed by atoms with Crippen LogP contribution in [-0.2, 0) is 10.3 Å². The molecule has 4 heteroatoms. The van der Waals surface area contributed by atoms with Gasteiger partial charge in [-0.15, -0.1) is 0 Å². The first-order valence-electron chi connectivity index (χ1n) is 10.0. The molecule has 1 aliphatic heterocycles. The standard InChI is InChI=1S/C24H25ClN2O/c1-23(2)11-15(28)12-24(14-23)22-21(17-8-4-6-10-20(17)27-22)18(13-26-24)16-7-3-5-9-19(16)25/h3-10,18,26-27H,11-14H2,1-2H3/t18-,24-/m0/s1. The molecule has 1 saturated carbocycles. The molecule has 2 aromatic carbocycles. The van der Waals surface area contributed by atoms with Crippen LogP contribution in [0.25, 0.3) is 10.9 Å². The van der Waals surface area contributed by atoms with Crippen molar-refractivity contribution < 1.29 is 4.79 Å². The zero-order chi connectivity index (χ0) is 19.5. The fourth-order valence-corrected chi connectivity index (χ4v) is 5.86. The van der Waals surface area contributed by atoms with E-state index >= 15 is 0 Å². The van der Waals surface area contributed by atoms with E-state index in [4.69, 9.17) is 11.6 Å². The third-order valence-corrected chi connectivity index (χ3v) is 6.80. The number of Topliss-reactive ketones (excluding diaryl/α,β-unsaturated/α-hetero) is 1.